The standard InChI is InChI=1S/C11H19N3O4/c12-9(15)2-1-4-13-11(18)14-5-3-8(7-14)6-10(16)17/h8H,1-7H2,(H2,12,15)(H,13,18)(H,16,17). The topological polar surface area (TPSA) is 113 Å². The zero-order valence-corrected chi connectivity index (χ0v) is 10.2. The fourth-order valence-corrected chi connectivity index (χ4v) is 2.00. The first-order chi connectivity index (χ1) is 8.49. The minimum absolute atomic E-state index is 0.0406. The van der Waals surface area contributed by atoms with E-state index in [1.807, 2.05) is 0 Å². The largest absolute Gasteiger partial charge is 0.481 e. The first-order valence-corrected chi connectivity index (χ1v) is 6.02. The number of carbonyl (C=O) groups is 3. The lowest BCUT2D eigenvalue weighted by molar-refractivity contribution is -0.138. The van der Waals surface area contributed by atoms with Gasteiger partial charge >= 0.3 is 12.0 Å². The summed E-state index contributed by atoms with van der Waals surface area (Å²) in [7, 11) is 0. The monoisotopic (exact) mass is 257 g/mol. The van der Waals surface area contributed by atoms with Crippen LogP contribution in [-0.2, 0) is 9.59 Å². The smallest absolute Gasteiger partial charge is 0.317 e. The van der Waals surface area contributed by atoms with E-state index >= 15 is 0 Å². The highest BCUT2D eigenvalue weighted by molar-refractivity contribution is 5.75. The van der Waals surface area contributed by atoms with E-state index in [1.165, 1.54) is 0 Å². The lowest BCUT2D eigenvalue weighted by Crippen LogP contribution is -2.39. The number of hydrogen-bond acceptors (Lipinski definition) is 3. The van der Waals surface area contributed by atoms with E-state index in [2.05, 4.69) is 5.32 Å². The van der Waals surface area contributed by atoms with Crippen molar-refractivity contribution in [1.82, 2.24) is 10.2 Å². The van der Waals surface area contributed by atoms with Gasteiger partial charge in [0.2, 0.25) is 5.91 Å². The van der Waals surface area contributed by atoms with Crippen LogP contribution in [0.25, 0.3) is 0 Å². The van der Waals surface area contributed by atoms with Gasteiger partial charge in [-0.2, -0.15) is 0 Å². The maximum atomic E-state index is 11.7. The zero-order chi connectivity index (χ0) is 13.5. The minimum Gasteiger partial charge on any atom is -0.481 e. The summed E-state index contributed by atoms with van der Waals surface area (Å²) in [5, 5.41) is 11.3. The number of nitrogens with two attached hydrogens (primary N) is 1. The lowest BCUT2D eigenvalue weighted by Gasteiger charge is -2.16. The van der Waals surface area contributed by atoms with Crippen molar-refractivity contribution in [3.05, 3.63) is 0 Å². The Balaban J connectivity index is 2.19. The molecule has 1 aliphatic rings. The zero-order valence-electron chi connectivity index (χ0n) is 10.2. The van der Waals surface area contributed by atoms with Crippen molar-refractivity contribution < 1.29 is 19.5 Å². The Bertz CT molecular complexity index is 332. The molecule has 0 saturated carbocycles. The summed E-state index contributed by atoms with van der Waals surface area (Å²) in [5.41, 5.74) is 4.98. The molecule has 102 valence electrons. The van der Waals surface area contributed by atoms with E-state index in [9.17, 15) is 14.4 Å². The van der Waals surface area contributed by atoms with Crippen LogP contribution < -0.4 is 11.1 Å². The van der Waals surface area contributed by atoms with Gasteiger partial charge in [-0.05, 0) is 18.8 Å². The van der Waals surface area contributed by atoms with E-state index in [1.54, 1.807) is 4.90 Å². The van der Waals surface area contributed by atoms with Crippen LogP contribution >= 0.6 is 0 Å². The van der Waals surface area contributed by atoms with Crippen LogP contribution in [0.2, 0.25) is 0 Å². The number of likely N-dealkylation sites (tertiary alicyclic amines) is 1. The molecule has 1 fully saturated rings. The van der Waals surface area contributed by atoms with Crippen molar-refractivity contribution in [2.75, 3.05) is 19.6 Å². The van der Waals surface area contributed by atoms with Gasteiger partial charge in [0, 0.05) is 32.5 Å². The van der Waals surface area contributed by atoms with Crippen molar-refractivity contribution >= 4 is 17.9 Å². The Morgan fingerprint density at radius 2 is 2.11 bits per heavy atom. The number of nitrogens with zero attached hydrogens (tertiary/aromatic N) is 1. The number of rotatable bonds is 6. The van der Waals surface area contributed by atoms with Gasteiger partial charge in [-0.3, -0.25) is 9.59 Å². The first kappa shape index (κ1) is 14.3. The van der Waals surface area contributed by atoms with E-state index in [4.69, 9.17) is 10.8 Å². The van der Waals surface area contributed by atoms with Crippen LogP contribution in [0.15, 0.2) is 0 Å². The van der Waals surface area contributed by atoms with Gasteiger partial charge in [0.05, 0.1) is 0 Å². The summed E-state index contributed by atoms with van der Waals surface area (Å²) in [6.07, 6.45) is 1.60. The van der Waals surface area contributed by atoms with E-state index in [0.29, 0.717) is 26.1 Å². The van der Waals surface area contributed by atoms with Crippen LogP contribution in [0.4, 0.5) is 4.79 Å². The van der Waals surface area contributed by atoms with Gasteiger partial charge < -0.3 is 21.1 Å². The van der Waals surface area contributed by atoms with E-state index in [0.717, 1.165) is 6.42 Å². The fourth-order valence-electron chi connectivity index (χ4n) is 2.00. The molecule has 1 rings (SSSR count). The molecule has 0 aromatic carbocycles. The number of aliphatic carboxylic acids is 1. The molecule has 0 aromatic heterocycles. The molecular weight excluding hydrogens is 238 g/mol. The molecule has 1 saturated heterocycles. The number of primary amides is 1. The molecule has 1 heterocycles. The highest BCUT2D eigenvalue weighted by atomic mass is 16.4. The molecule has 0 aromatic rings. The predicted octanol–water partition coefficient (Wildman–Crippen LogP) is -0.242. The number of carboxylic acids is 1. The van der Waals surface area contributed by atoms with Crippen molar-refractivity contribution in [2.45, 2.75) is 25.7 Å². The van der Waals surface area contributed by atoms with Gasteiger partial charge in [-0.25, -0.2) is 4.79 Å². The molecular formula is C11H19N3O4. The Morgan fingerprint density at radius 1 is 1.39 bits per heavy atom. The second-order valence-corrected chi connectivity index (χ2v) is 4.50. The molecule has 4 N–H and O–H groups in total. The maximum absolute atomic E-state index is 11.7. The van der Waals surface area contributed by atoms with Crippen molar-refractivity contribution in [3.63, 3.8) is 0 Å². The number of nitrogens with one attached hydrogen (secondary N) is 1. The van der Waals surface area contributed by atoms with Crippen LogP contribution in [0.3, 0.4) is 0 Å². The molecule has 3 amide bonds. The van der Waals surface area contributed by atoms with Crippen LogP contribution in [0, 0.1) is 5.92 Å². The predicted molar refractivity (Wildman–Crippen MR) is 63.8 cm³/mol. The molecule has 1 aliphatic heterocycles. The summed E-state index contributed by atoms with van der Waals surface area (Å²) in [6, 6.07) is -0.202. The van der Waals surface area contributed by atoms with Gasteiger partial charge in [0.15, 0.2) is 0 Å². The van der Waals surface area contributed by atoms with Gasteiger partial charge in [-0.15, -0.1) is 0 Å². The quantitative estimate of drug-likeness (QED) is 0.570. The first-order valence-electron chi connectivity index (χ1n) is 6.02. The number of hydrogen-bond donors (Lipinski definition) is 3. The van der Waals surface area contributed by atoms with Crippen LogP contribution in [0.1, 0.15) is 25.7 Å². The van der Waals surface area contributed by atoms with Crippen molar-refractivity contribution in [3.8, 4) is 0 Å². The second-order valence-electron chi connectivity index (χ2n) is 4.50. The Kier molecular flexibility index (Phi) is 5.41. The van der Waals surface area contributed by atoms with Crippen LogP contribution in [-0.4, -0.2) is 47.5 Å². The molecule has 18 heavy (non-hydrogen) atoms. The summed E-state index contributed by atoms with van der Waals surface area (Å²) in [6.45, 7) is 1.47. The molecule has 0 aliphatic carbocycles. The highest BCUT2D eigenvalue weighted by Gasteiger charge is 2.27. The number of amides is 3. The molecule has 7 nitrogen and oxygen atoms in total. The number of urea groups is 1. The van der Waals surface area contributed by atoms with Crippen molar-refractivity contribution in [1.29, 1.82) is 0 Å². The average molecular weight is 257 g/mol. The SMILES string of the molecule is NC(=O)CCCNC(=O)N1CCC(CC(=O)O)C1. The van der Waals surface area contributed by atoms with E-state index in [-0.39, 0.29) is 30.7 Å². The summed E-state index contributed by atoms with van der Waals surface area (Å²) in [4.78, 5) is 34.3. The van der Waals surface area contributed by atoms with E-state index < -0.39 is 5.97 Å². The minimum atomic E-state index is -0.830. The summed E-state index contributed by atoms with van der Waals surface area (Å²) in [5.74, 6) is -1.17. The molecule has 7 heteroatoms. The molecule has 0 bridgehead atoms. The van der Waals surface area contributed by atoms with Crippen molar-refractivity contribution in [2.24, 2.45) is 11.7 Å². The third kappa shape index (κ3) is 5.03. The highest BCUT2D eigenvalue weighted by Crippen LogP contribution is 2.19. The molecule has 0 radical (unpaired) electrons. The number of carbonyl (C=O) groups excluding carboxylic acids is 2. The van der Waals surface area contributed by atoms with Gasteiger partial charge in [0.25, 0.3) is 0 Å². The maximum Gasteiger partial charge on any atom is 0.317 e. The van der Waals surface area contributed by atoms with Crippen LogP contribution in [0.5, 0.6) is 0 Å². The Hall–Kier alpha value is -1.79. The normalized spacial score (nSPS) is 18.7. The number of carboxylic acid groups (broad SMARTS) is 1. The molecule has 0 spiro atoms. The fraction of sp³-hybridized carbons (Fsp3) is 0.727. The summed E-state index contributed by atoms with van der Waals surface area (Å²) >= 11 is 0. The molecule has 1 unspecified atom stereocenters. The third-order valence-electron chi connectivity index (χ3n) is 2.91. The lowest BCUT2D eigenvalue weighted by atomic mass is 10.1. The average Bonchev–Trinajstić information content (AvgIpc) is 2.71. The van der Waals surface area contributed by atoms with Gasteiger partial charge in [0.1, 0.15) is 0 Å². The molecule has 1 atom stereocenters. The Morgan fingerprint density at radius 3 is 2.72 bits per heavy atom. The third-order valence-corrected chi connectivity index (χ3v) is 2.91. The Labute approximate surface area is 105 Å². The second kappa shape index (κ2) is 6.83. The summed E-state index contributed by atoms with van der Waals surface area (Å²) < 4.78 is 0. The van der Waals surface area contributed by atoms with Gasteiger partial charge in [-0.1, -0.05) is 0 Å².